The van der Waals surface area contributed by atoms with Crippen molar-refractivity contribution in [2.24, 2.45) is 7.05 Å². The Labute approximate surface area is 198 Å². The zero-order valence-electron chi connectivity index (χ0n) is 20.1. The number of likely N-dealkylation sites (N-methyl/N-ethyl adjacent to an activating group) is 1. The number of carbonyl (C=O) groups is 1. The first-order chi connectivity index (χ1) is 16.5. The average Bonchev–Trinajstić information content (AvgIpc) is 3.45. The molecule has 1 saturated heterocycles. The van der Waals surface area contributed by atoms with Crippen molar-refractivity contribution in [3.05, 3.63) is 30.1 Å². The smallest absolute Gasteiger partial charge is 0.239 e. The van der Waals surface area contributed by atoms with E-state index in [1.54, 1.807) is 22.9 Å². The van der Waals surface area contributed by atoms with E-state index in [2.05, 4.69) is 30.2 Å². The quantitative estimate of drug-likeness (QED) is 0.524. The molecule has 2 aliphatic rings. The Kier molecular flexibility index (Phi) is 7.13. The summed E-state index contributed by atoms with van der Waals surface area (Å²) in [6.07, 6.45) is 5.39. The number of nitrogens with one attached hydrogen (secondary N) is 1. The van der Waals surface area contributed by atoms with Gasteiger partial charge < -0.3 is 20.1 Å². The number of anilines is 3. The number of fused-ring (bicyclic) bond motifs is 2. The molecule has 1 atom stereocenters. The second-order valence-electron chi connectivity index (χ2n) is 8.45. The zero-order valence-corrected chi connectivity index (χ0v) is 20.1. The van der Waals surface area contributed by atoms with Gasteiger partial charge in [-0.15, -0.1) is 0 Å². The number of aliphatic hydroxyl groups is 1. The maximum atomic E-state index is 11.0. The number of rotatable bonds is 5. The molecule has 3 aromatic heterocycles. The van der Waals surface area contributed by atoms with Crippen molar-refractivity contribution in [2.75, 3.05) is 69.1 Å². The molecule has 5 heterocycles. The molecule has 2 N–H and O–H groups in total. The van der Waals surface area contributed by atoms with Crippen molar-refractivity contribution in [1.29, 1.82) is 0 Å². The molecule has 1 unspecified atom stereocenters. The molecule has 0 aromatic carbocycles. The zero-order chi connectivity index (χ0) is 24.2. The monoisotopic (exact) mass is 468 g/mol. The number of aromatic nitrogens is 4. The highest BCUT2D eigenvalue weighted by molar-refractivity contribution is 5.81. The second kappa shape index (κ2) is 10.2. The van der Waals surface area contributed by atoms with E-state index in [1.807, 2.05) is 39.5 Å². The number of pyridine rings is 2. The third-order valence-electron chi connectivity index (χ3n) is 6.38. The number of ether oxygens (including phenoxy) is 1. The lowest BCUT2D eigenvalue weighted by Crippen LogP contribution is -2.53. The summed E-state index contributed by atoms with van der Waals surface area (Å²) in [7, 11) is 7.34. The number of nitrogens with zero attached hydrogens (tertiary/aromatic N) is 7. The number of hydrogen-bond acceptors (Lipinski definition) is 9. The van der Waals surface area contributed by atoms with E-state index in [1.165, 1.54) is 0 Å². The van der Waals surface area contributed by atoms with Crippen molar-refractivity contribution in [3.63, 3.8) is 0 Å². The highest BCUT2D eigenvalue weighted by Gasteiger charge is 2.29. The van der Waals surface area contributed by atoms with Crippen LogP contribution >= 0.6 is 0 Å². The molecule has 3 aromatic rings. The topological polar surface area (TPSA) is 112 Å². The van der Waals surface area contributed by atoms with Gasteiger partial charge in [0.1, 0.15) is 5.82 Å². The van der Waals surface area contributed by atoms with E-state index in [-0.39, 0.29) is 12.6 Å². The van der Waals surface area contributed by atoms with Crippen molar-refractivity contribution in [1.82, 2.24) is 24.6 Å². The fourth-order valence-electron chi connectivity index (χ4n) is 4.45. The molecule has 0 spiro atoms. The lowest BCUT2D eigenvalue weighted by molar-refractivity contribution is -0.107. The predicted molar refractivity (Wildman–Crippen MR) is 132 cm³/mol. The highest BCUT2D eigenvalue weighted by atomic mass is 16.5. The summed E-state index contributed by atoms with van der Waals surface area (Å²) in [6, 6.07) is 4.15. The molecule has 5 rings (SSSR count). The van der Waals surface area contributed by atoms with E-state index < -0.39 is 0 Å². The van der Waals surface area contributed by atoms with Crippen LogP contribution in [0.15, 0.2) is 24.5 Å². The van der Waals surface area contributed by atoms with Crippen molar-refractivity contribution < 1.29 is 14.6 Å². The van der Waals surface area contributed by atoms with Crippen LogP contribution in [-0.2, 0) is 18.3 Å². The maximum absolute atomic E-state index is 11.0. The molecule has 0 bridgehead atoms. The Hall–Kier alpha value is -3.44. The molecular weight excluding hydrogens is 436 g/mol. The first-order valence-electron chi connectivity index (χ1n) is 11.3. The van der Waals surface area contributed by atoms with Gasteiger partial charge in [-0.25, -0.2) is 4.98 Å². The molecule has 2 aliphatic heterocycles. The number of aryl methyl sites for hydroxylation is 1. The summed E-state index contributed by atoms with van der Waals surface area (Å²) in [6.45, 7) is 3.55. The summed E-state index contributed by atoms with van der Waals surface area (Å²) in [5.41, 5.74) is 3.88. The normalized spacial score (nSPS) is 17.9. The SMILES string of the molecule is CN1CCN(c2ccnc3c2CCN3C=O)CC1CO.CNc1cc2cn(C)nc2nc1OC. The minimum absolute atomic E-state index is 0.163. The van der Waals surface area contributed by atoms with Gasteiger partial charge in [-0.05, 0) is 25.6 Å². The van der Waals surface area contributed by atoms with Gasteiger partial charge in [0.05, 0.1) is 25.4 Å². The van der Waals surface area contributed by atoms with E-state index in [0.717, 1.165) is 60.6 Å². The third-order valence-corrected chi connectivity index (χ3v) is 6.38. The van der Waals surface area contributed by atoms with Crippen LogP contribution < -0.4 is 19.9 Å². The maximum Gasteiger partial charge on any atom is 0.239 e. The van der Waals surface area contributed by atoms with Crippen LogP contribution in [0.5, 0.6) is 5.88 Å². The number of carbonyl (C=O) groups excluding carboxylic acids is 1. The highest BCUT2D eigenvalue weighted by Crippen LogP contribution is 2.33. The fraction of sp³-hybridized carbons (Fsp3) is 0.478. The minimum Gasteiger partial charge on any atom is -0.479 e. The first kappa shape index (κ1) is 23.7. The minimum atomic E-state index is 0.163. The molecule has 11 heteroatoms. The fourth-order valence-corrected chi connectivity index (χ4v) is 4.45. The Morgan fingerprint density at radius 3 is 2.82 bits per heavy atom. The van der Waals surface area contributed by atoms with Gasteiger partial charge in [-0.3, -0.25) is 19.3 Å². The van der Waals surface area contributed by atoms with Gasteiger partial charge in [0.2, 0.25) is 12.3 Å². The van der Waals surface area contributed by atoms with Gasteiger partial charge in [-0.1, -0.05) is 0 Å². The molecule has 182 valence electrons. The number of amides is 1. The van der Waals surface area contributed by atoms with Crippen LogP contribution in [0.3, 0.4) is 0 Å². The van der Waals surface area contributed by atoms with E-state index in [0.29, 0.717) is 18.1 Å². The summed E-state index contributed by atoms with van der Waals surface area (Å²) < 4.78 is 6.86. The van der Waals surface area contributed by atoms with Gasteiger partial charge in [0, 0.05) is 69.3 Å². The van der Waals surface area contributed by atoms with Gasteiger partial charge >= 0.3 is 0 Å². The Morgan fingerprint density at radius 1 is 1.29 bits per heavy atom. The van der Waals surface area contributed by atoms with Gasteiger partial charge in [0.25, 0.3) is 0 Å². The van der Waals surface area contributed by atoms with Crippen molar-refractivity contribution in [3.8, 4) is 5.88 Å². The van der Waals surface area contributed by atoms with Crippen LogP contribution in [0.4, 0.5) is 17.2 Å². The van der Waals surface area contributed by atoms with Crippen LogP contribution in [0.25, 0.3) is 11.0 Å². The van der Waals surface area contributed by atoms with Gasteiger partial charge in [-0.2, -0.15) is 10.1 Å². The summed E-state index contributed by atoms with van der Waals surface area (Å²) >= 11 is 0. The molecule has 11 nitrogen and oxygen atoms in total. The summed E-state index contributed by atoms with van der Waals surface area (Å²) in [4.78, 5) is 25.8. The van der Waals surface area contributed by atoms with Crippen LogP contribution in [0.2, 0.25) is 0 Å². The molecular formula is C23H32N8O3. The Balaban J connectivity index is 0.000000172. The Bertz CT molecular complexity index is 1110. The third kappa shape index (κ3) is 4.62. The van der Waals surface area contributed by atoms with E-state index in [9.17, 15) is 9.90 Å². The molecule has 0 saturated carbocycles. The summed E-state index contributed by atoms with van der Waals surface area (Å²) in [5, 5.41) is 17.7. The van der Waals surface area contributed by atoms with Crippen LogP contribution in [0, 0.1) is 0 Å². The standard InChI is InChI=1S/C14H20N4O2.C9H12N4O/c1-16-6-7-17(8-11(16)9-19)13-2-4-15-14-12(13)3-5-18(14)10-20;1-10-7-4-6-5-13(2)12-8(6)11-9(7)14-3/h2,4,10-11,19H,3,5-9H2,1H3;4-5,10H,1-3H3. The largest absolute Gasteiger partial charge is 0.479 e. The van der Waals surface area contributed by atoms with Crippen LogP contribution in [0.1, 0.15) is 5.56 Å². The average molecular weight is 469 g/mol. The first-order valence-corrected chi connectivity index (χ1v) is 11.3. The predicted octanol–water partition coefficient (Wildman–Crippen LogP) is 0.732. The number of hydrogen-bond donors (Lipinski definition) is 2. The van der Waals surface area contributed by atoms with Crippen molar-refractivity contribution in [2.45, 2.75) is 12.5 Å². The Morgan fingerprint density at radius 2 is 2.12 bits per heavy atom. The van der Waals surface area contributed by atoms with Crippen LogP contribution in [-0.4, -0.2) is 96.2 Å². The van der Waals surface area contributed by atoms with Gasteiger partial charge in [0.15, 0.2) is 5.65 Å². The lowest BCUT2D eigenvalue weighted by Gasteiger charge is -2.40. The summed E-state index contributed by atoms with van der Waals surface area (Å²) in [5.74, 6) is 1.36. The molecule has 0 radical (unpaired) electrons. The lowest BCUT2D eigenvalue weighted by atomic mass is 10.1. The number of aliphatic hydroxyl groups excluding tert-OH is 1. The second-order valence-corrected chi connectivity index (χ2v) is 8.45. The van der Waals surface area contributed by atoms with E-state index in [4.69, 9.17) is 4.74 Å². The van der Waals surface area contributed by atoms with Crippen molar-refractivity contribution >= 4 is 34.6 Å². The number of methoxy groups -OCH3 is 1. The molecule has 0 aliphatic carbocycles. The molecule has 1 fully saturated rings. The molecule has 1 amide bonds. The molecule has 34 heavy (non-hydrogen) atoms. The number of piperazine rings is 1. The van der Waals surface area contributed by atoms with E-state index >= 15 is 0 Å².